The molecule has 0 bridgehead atoms. The minimum absolute atomic E-state index is 0.137. The van der Waals surface area contributed by atoms with Crippen LogP contribution in [-0.2, 0) is 0 Å². The lowest BCUT2D eigenvalue weighted by Gasteiger charge is -2.22. The number of ketones is 2. The fourth-order valence-electron chi connectivity index (χ4n) is 2.81. The summed E-state index contributed by atoms with van der Waals surface area (Å²) in [4.78, 5) is 25.9. The van der Waals surface area contributed by atoms with Crippen LogP contribution in [0.1, 0.15) is 37.4 Å². The number of carbonyl (C=O) groups is 2. The third-order valence-electron chi connectivity index (χ3n) is 3.93. The summed E-state index contributed by atoms with van der Waals surface area (Å²) in [5.74, 6) is 0.0666. The molecule has 0 saturated heterocycles. The molecule has 0 atom stereocenters. The second-order valence-corrected chi connectivity index (χ2v) is 5.12. The van der Waals surface area contributed by atoms with E-state index >= 15 is 0 Å². The van der Waals surface area contributed by atoms with Gasteiger partial charge in [-0.2, -0.15) is 5.26 Å². The Bertz CT molecular complexity index is 924. The standard InChI is InChI=1S/C18H13NO5/c1-22-10-6-12-16(14(7-10)24-3)18(21)15-11(17(12)20)4-9(8-19)5-13(15)23-2/h4-7H,1-3H3. The van der Waals surface area contributed by atoms with Crippen molar-refractivity contribution in [2.45, 2.75) is 0 Å². The van der Waals surface area contributed by atoms with Crippen LogP contribution in [-0.4, -0.2) is 32.9 Å². The first kappa shape index (κ1) is 15.6. The van der Waals surface area contributed by atoms with Crippen molar-refractivity contribution in [2.75, 3.05) is 21.3 Å². The quantitative estimate of drug-likeness (QED) is 0.735. The predicted octanol–water partition coefficient (Wildman–Crippen LogP) is 2.36. The van der Waals surface area contributed by atoms with Gasteiger partial charge in [-0.15, -0.1) is 0 Å². The summed E-state index contributed by atoms with van der Waals surface area (Å²) < 4.78 is 15.6. The average molecular weight is 323 g/mol. The molecule has 0 saturated carbocycles. The average Bonchev–Trinajstić information content (AvgIpc) is 2.63. The number of rotatable bonds is 3. The van der Waals surface area contributed by atoms with Crippen molar-refractivity contribution in [1.29, 1.82) is 5.26 Å². The molecule has 0 amide bonds. The molecule has 0 unspecified atom stereocenters. The van der Waals surface area contributed by atoms with Gasteiger partial charge in [-0.25, -0.2) is 0 Å². The van der Waals surface area contributed by atoms with Gasteiger partial charge in [0.15, 0.2) is 5.78 Å². The number of nitriles is 1. The summed E-state index contributed by atoms with van der Waals surface area (Å²) in [6.07, 6.45) is 0. The smallest absolute Gasteiger partial charge is 0.201 e. The summed E-state index contributed by atoms with van der Waals surface area (Å²) in [5, 5.41) is 9.13. The summed E-state index contributed by atoms with van der Waals surface area (Å²) in [7, 11) is 4.26. The van der Waals surface area contributed by atoms with Crippen molar-refractivity contribution in [3.63, 3.8) is 0 Å². The molecule has 2 aromatic rings. The molecule has 1 aliphatic carbocycles. The Morgan fingerprint density at radius 1 is 0.792 bits per heavy atom. The van der Waals surface area contributed by atoms with Gasteiger partial charge in [-0.3, -0.25) is 9.59 Å². The summed E-state index contributed by atoms with van der Waals surface area (Å²) >= 11 is 0. The molecule has 0 heterocycles. The maximum atomic E-state index is 13.0. The second kappa shape index (κ2) is 5.70. The number of fused-ring (bicyclic) bond motifs is 2. The highest BCUT2D eigenvalue weighted by Gasteiger charge is 2.36. The number of nitrogens with zero attached hydrogens (tertiary/aromatic N) is 1. The van der Waals surface area contributed by atoms with Crippen LogP contribution in [0.3, 0.4) is 0 Å². The fourth-order valence-corrected chi connectivity index (χ4v) is 2.81. The first-order valence-corrected chi connectivity index (χ1v) is 7.03. The topological polar surface area (TPSA) is 85.6 Å². The lowest BCUT2D eigenvalue weighted by atomic mass is 9.82. The summed E-state index contributed by atoms with van der Waals surface area (Å²) in [6, 6.07) is 7.83. The van der Waals surface area contributed by atoms with Crippen molar-refractivity contribution in [2.24, 2.45) is 0 Å². The number of methoxy groups -OCH3 is 3. The van der Waals surface area contributed by atoms with Crippen LogP contribution in [0.5, 0.6) is 17.2 Å². The summed E-state index contributed by atoms with van der Waals surface area (Å²) in [5.41, 5.74) is 0.862. The maximum absolute atomic E-state index is 13.0. The largest absolute Gasteiger partial charge is 0.497 e. The maximum Gasteiger partial charge on any atom is 0.201 e. The van der Waals surface area contributed by atoms with Gasteiger partial charge in [0.1, 0.15) is 17.2 Å². The van der Waals surface area contributed by atoms with Crippen molar-refractivity contribution in [3.05, 3.63) is 52.1 Å². The first-order chi connectivity index (χ1) is 11.5. The highest BCUT2D eigenvalue weighted by atomic mass is 16.5. The summed E-state index contributed by atoms with van der Waals surface area (Å²) in [6.45, 7) is 0. The molecule has 1 aliphatic rings. The number of benzene rings is 2. The van der Waals surface area contributed by atoms with E-state index in [4.69, 9.17) is 19.5 Å². The molecule has 0 spiro atoms. The van der Waals surface area contributed by atoms with E-state index in [-0.39, 0.29) is 50.9 Å². The zero-order valence-corrected chi connectivity index (χ0v) is 13.3. The molecule has 2 aromatic carbocycles. The molecule has 0 aromatic heterocycles. The molecule has 0 fully saturated rings. The molecule has 6 heteroatoms. The Balaban J connectivity index is 2.36. The molecule has 3 rings (SSSR count). The number of carbonyl (C=O) groups excluding carboxylic acids is 2. The predicted molar refractivity (Wildman–Crippen MR) is 84.1 cm³/mol. The van der Waals surface area contributed by atoms with Crippen molar-refractivity contribution >= 4 is 11.6 Å². The van der Waals surface area contributed by atoms with E-state index in [9.17, 15) is 9.59 Å². The molecular formula is C18H13NO5. The number of hydrogen-bond acceptors (Lipinski definition) is 6. The minimum atomic E-state index is -0.388. The van der Waals surface area contributed by atoms with E-state index in [0.29, 0.717) is 5.75 Å². The highest BCUT2D eigenvalue weighted by molar-refractivity contribution is 6.30. The van der Waals surface area contributed by atoms with Gasteiger partial charge in [0.25, 0.3) is 0 Å². The number of hydrogen-bond donors (Lipinski definition) is 0. The Morgan fingerprint density at radius 2 is 1.38 bits per heavy atom. The van der Waals surface area contributed by atoms with Crippen molar-refractivity contribution < 1.29 is 23.8 Å². The van der Waals surface area contributed by atoms with E-state index in [1.807, 2.05) is 6.07 Å². The van der Waals surface area contributed by atoms with E-state index in [1.54, 1.807) is 6.07 Å². The molecule has 24 heavy (non-hydrogen) atoms. The zero-order valence-electron chi connectivity index (χ0n) is 13.3. The van der Waals surface area contributed by atoms with Crippen molar-refractivity contribution in [1.82, 2.24) is 0 Å². The van der Waals surface area contributed by atoms with Crippen LogP contribution < -0.4 is 14.2 Å². The Labute approximate surface area is 138 Å². The zero-order chi connectivity index (χ0) is 17.4. The van der Waals surface area contributed by atoms with Crippen LogP contribution in [0.4, 0.5) is 0 Å². The van der Waals surface area contributed by atoms with Gasteiger partial charge in [-0.05, 0) is 18.2 Å². The van der Waals surface area contributed by atoms with Crippen LogP contribution in [0.2, 0.25) is 0 Å². The minimum Gasteiger partial charge on any atom is -0.497 e. The SMILES string of the molecule is COc1cc(OC)c2c(c1)C(=O)c1cc(C#N)cc(OC)c1C2=O. The fraction of sp³-hybridized carbons (Fsp3) is 0.167. The molecule has 120 valence electrons. The van der Waals surface area contributed by atoms with Crippen LogP contribution >= 0.6 is 0 Å². The normalized spacial score (nSPS) is 12.1. The van der Waals surface area contributed by atoms with Gasteiger partial charge >= 0.3 is 0 Å². The van der Waals surface area contributed by atoms with Crippen LogP contribution in [0.15, 0.2) is 24.3 Å². The Morgan fingerprint density at radius 3 is 1.92 bits per heavy atom. The van der Waals surface area contributed by atoms with Crippen LogP contribution in [0, 0.1) is 11.3 Å². The molecule has 0 N–H and O–H groups in total. The van der Waals surface area contributed by atoms with Gasteiger partial charge in [0.05, 0.1) is 44.1 Å². The van der Waals surface area contributed by atoms with Crippen LogP contribution in [0.25, 0.3) is 0 Å². The van der Waals surface area contributed by atoms with Gasteiger partial charge in [0, 0.05) is 17.2 Å². The molecule has 6 nitrogen and oxygen atoms in total. The Kier molecular flexibility index (Phi) is 3.70. The Hall–Kier alpha value is -3.33. The van der Waals surface area contributed by atoms with Gasteiger partial charge in [-0.1, -0.05) is 0 Å². The highest BCUT2D eigenvalue weighted by Crippen LogP contribution is 2.39. The van der Waals surface area contributed by atoms with Gasteiger partial charge in [0.2, 0.25) is 5.78 Å². The monoisotopic (exact) mass is 323 g/mol. The second-order valence-electron chi connectivity index (χ2n) is 5.12. The third kappa shape index (κ3) is 2.10. The van der Waals surface area contributed by atoms with Crippen molar-refractivity contribution in [3.8, 4) is 23.3 Å². The lowest BCUT2D eigenvalue weighted by Crippen LogP contribution is -2.23. The first-order valence-electron chi connectivity index (χ1n) is 7.03. The van der Waals surface area contributed by atoms with E-state index in [2.05, 4.69) is 0 Å². The third-order valence-corrected chi connectivity index (χ3v) is 3.93. The molecule has 0 radical (unpaired) electrons. The molecule has 0 aliphatic heterocycles. The van der Waals surface area contributed by atoms with E-state index in [1.165, 1.54) is 39.5 Å². The lowest BCUT2D eigenvalue weighted by molar-refractivity contribution is 0.0973. The van der Waals surface area contributed by atoms with E-state index in [0.717, 1.165) is 0 Å². The van der Waals surface area contributed by atoms with E-state index < -0.39 is 0 Å². The van der Waals surface area contributed by atoms with Gasteiger partial charge < -0.3 is 14.2 Å². The number of ether oxygens (including phenoxy) is 3. The molecular weight excluding hydrogens is 310 g/mol.